The Morgan fingerprint density at radius 3 is 2.69 bits per heavy atom. The number of benzene rings is 2. The molecule has 0 spiro atoms. The maximum absolute atomic E-state index is 13.3. The van der Waals surface area contributed by atoms with Gasteiger partial charge in [-0.15, -0.1) is 22.7 Å². The Balaban J connectivity index is 1.42. The van der Waals surface area contributed by atoms with E-state index < -0.39 is 24.5 Å². The summed E-state index contributed by atoms with van der Waals surface area (Å²) in [5.74, 6) is -1.37. The lowest BCUT2D eigenvalue weighted by Crippen LogP contribution is -2.32. The van der Waals surface area contributed by atoms with E-state index in [0.29, 0.717) is 5.56 Å². The normalized spacial score (nSPS) is 11.9. The number of amides is 1. The maximum Gasteiger partial charge on any atom is 0.338 e. The van der Waals surface area contributed by atoms with Gasteiger partial charge in [0.1, 0.15) is 5.82 Å². The number of ether oxygens (including phenoxy) is 1. The van der Waals surface area contributed by atoms with Gasteiger partial charge in [-0.25, -0.2) is 14.2 Å². The van der Waals surface area contributed by atoms with Gasteiger partial charge in [0.05, 0.1) is 27.3 Å². The van der Waals surface area contributed by atoms with Crippen molar-refractivity contribution in [2.24, 2.45) is 0 Å². The molecule has 0 radical (unpaired) electrons. The van der Waals surface area contributed by atoms with E-state index in [1.54, 1.807) is 35.8 Å². The molecule has 0 saturated heterocycles. The molecule has 0 fully saturated rings. The van der Waals surface area contributed by atoms with Crippen LogP contribution in [0.15, 0.2) is 65.5 Å². The number of carbonyl (C=O) groups is 2. The molecule has 2 heterocycles. The van der Waals surface area contributed by atoms with E-state index in [2.05, 4.69) is 10.3 Å². The summed E-state index contributed by atoms with van der Waals surface area (Å²) in [4.78, 5) is 29.8. The zero-order valence-electron chi connectivity index (χ0n) is 15.0. The minimum absolute atomic E-state index is 0.350. The zero-order chi connectivity index (χ0) is 20.2. The van der Waals surface area contributed by atoms with Crippen LogP contribution >= 0.6 is 22.7 Å². The highest BCUT2D eigenvalue weighted by Crippen LogP contribution is 2.26. The average molecular weight is 426 g/mol. The minimum Gasteiger partial charge on any atom is -0.452 e. The van der Waals surface area contributed by atoms with Crippen molar-refractivity contribution >= 4 is 44.8 Å². The molecular formula is C21H15FN2O3S2. The van der Waals surface area contributed by atoms with Crippen LogP contribution in [0.1, 0.15) is 26.8 Å². The quantitative estimate of drug-likeness (QED) is 0.459. The Bertz CT molecular complexity index is 1140. The van der Waals surface area contributed by atoms with Crippen LogP contribution in [0, 0.1) is 5.82 Å². The van der Waals surface area contributed by atoms with Crippen LogP contribution in [-0.4, -0.2) is 23.5 Å². The summed E-state index contributed by atoms with van der Waals surface area (Å²) in [7, 11) is 0. The summed E-state index contributed by atoms with van der Waals surface area (Å²) in [6.07, 6.45) is 0. The first-order chi connectivity index (χ1) is 14.1. The molecule has 1 atom stereocenters. The van der Waals surface area contributed by atoms with E-state index >= 15 is 0 Å². The van der Waals surface area contributed by atoms with Gasteiger partial charge < -0.3 is 10.1 Å². The summed E-state index contributed by atoms with van der Waals surface area (Å²) in [5.41, 5.74) is 3.61. The first-order valence-electron chi connectivity index (χ1n) is 8.69. The van der Waals surface area contributed by atoms with Gasteiger partial charge in [0, 0.05) is 4.88 Å². The average Bonchev–Trinajstić information content (AvgIpc) is 3.42. The molecule has 2 aromatic carbocycles. The fraction of sp³-hybridized carbons (Fsp3) is 0.0952. The van der Waals surface area contributed by atoms with Crippen molar-refractivity contribution in [1.82, 2.24) is 10.3 Å². The smallest absolute Gasteiger partial charge is 0.338 e. The number of rotatable bonds is 6. The third kappa shape index (κ3) is 4.49. The Hall–Kier alpha value is -3.10. The highest BCUT2D eigenvalue weighted by molar-refractivity contribution is 7.16. The third-order valence-electron chi connectivity index (χ3n) is 4.24. The molecule has 0 bridgehead atoms. The molecule has 2 aromatic heterocycles. The van der Waals surface area contributed by atoms with Crippen molar-refractivity contribution in [2.45, 2.75) is 6.04 Å². The Labute approximate surface area is 173 Å². The molecule has 0 saturated carbocycles. The molecule has 29 heavy (non-hydrogen) atoms. The monoisotopic (exact) mass is 426 g/mol. The molecule has 1 amide bonds. The van der Waals surface area contributed by atoms with Gasteiger partial charge in [0.15, 0.2) is 6.61 Å². The first-order valence-corrected chi connectivity index (χ1v) is 10.4. The number of hydrogen-bond acceptors (Lipinski definition) is 6. The number of carbonyl (C=O) groups excluding carboxylic acids is 2. The van der Waals surface area contributed by atoms with Crippen LogP contribution < -0.4 is 5.32 Å². The predicted octanol–water partition coefficient (Wildman–Crippen LogP) is 4.56. The number of esters is 1. The van der Waals surface area contributed by atoms with Crippen LogP contribution in [-0.2, 0) is 9.53 Å². The van der Waals surface area contributed by atoms with Crippen LogP contribution in [0.3, 0.4) is 0 Å². The van der Waals surface area contributed by atoms with Crippen molar-refractivity contribution in [1.29, 1.82) is 0 Å². The summed E-state index contributed by atoms with van der Waals surface area (Å²) in [5, 5.41) is 4.75. The molecule has 8 heteroatoms. The zero-order valence-corrected chi connectivity index (χ0v) is 16.6. The van der Waals surface area contributed by atoms with Crippen molar-refractivity contribution < 1.29 is 18.7 Å². The molecule has 4 aromatic rings. The highest BCUT2D eigenvalue weighted by Gasteiger charge is 2.19. The molecular weight excluding hydrogens is 411 g/mol. The van der Waals surface area contributed by atoms with Crippen molar-refractivity contribution in [2.75, 3.05) is 6.61 Å². The minimum atomic E-state index is -0.579. The lowest BCUT2D eigenvalue weighted by Gasteiger charge is -2.18. The topological polar surface area (TPSA) is 68.3 Å². The number of halogens is 1. The maximum atomic E-state index is 13.3. The number of aromatic nitrogens is 1. The number of nitrogens with zero attached hydrogens (tertiary/aromatic N) is 1. The summed E-state index contributed by atoms with van der Waals surface area (Å²) in [6.45, 7) is -0.414. The molecule has 146 valence electrons. The second-order valence-electron chi connectivity index (χ2n) is 6.18. The fourth-order valence-corrected chi connectivity index (χ4v) is 4.35. The third-order valence-corrected chi connectivity index (χ3v) is 5.97. The van der Waals surface area contributed by atoms with Gasteiger partial charge in [-0.1, -0.05) is 18.2 Å². The Morgan fingerprint density at radius 2 is 1.93 bits per heavy atom. The van der Waals surface area contributed by atoms with Gasteiger partial charge in [0.25, 0.3) is 5.91 Å². The SMILES string of the molecule is O=C(COC(=O)c1ccc2ncsc2c1)NC(c1ccc(F)cc1)c1cccs1. The van der Waals surface area contributed by atoms with E-state index in [0.717, 1.165) is 20.7 Å². The second kappa shape index (κ2) is 8.50. The predicted molar refractivity (Wildman–Crippen MR) is 111 cm³/mol. The van der Waals surface area contributed by atoms with E-state index in [9.17, 15) is 14.0 Å². The van der Waals surface area contributed by atoms with E-state index in [4.69, 9.17) is 4.74 Å². The fourth-order valence-electron chi connectivity index (χ4n) is 2.83. The van der Waals surface area contributed by atoms with Gasteiger partial charge in [-0.2, -0.15) is 0 Å². The summed E-state index contributed by atoms with van der Waals surface area (Å²) in [6, 6.07) is 14.3. The van der Waals surface area contributed by atoms with Gasteiger partial charge in [-0.3, -0.25) is 4.79 Å². The van der Waals surface area contributed by atoms with Crippen molar-refractivity contribution in [3.05, 3.63) is 87.3 Å². The molecule has 0 aliphatic rings. The number of nitrogens with one attached hydrogen (secondary N) is 1. The number of hydrogen-bond donors (Lipinski definition) is 1. The first kappa shape index (κ1) is 19.2. The highest BCUT2D eigenvalue weighted by atomic mass is 32.1. The summed E-state index contributed by atoms with van der Waals surface area (Å²) < 4.78 is 19.3. The van der Waals surface area contributed by atoms with Crippen LogP contribution in [0.25, 0.3) is 10.2 Å². The molecule has 5 nitrogen and oxygen atoms in total. The molecule has 1 N–H and O–H groups in total. The Morgan fingerprint density at radius 1 is 1.10 bits per heavy atom. The van der Waals surface area contributed by atoms with E-state index in [-0.39, 0.29) is 5.82 Å². The lowest BCUT2D eigenvalue weighted by molar-refractivity contribution is -0.124. The largest absolute Gasteiger partial charge is 0.452 e. The molecule has 4 rings (SSSR count). The number of fused-ring (bicyclic) bond motifs is 1. The lowest BCUT2D eigenvalue weighted by atomic mass is 10.1. The standard InChI is InChI=1S/C21H15FN2O3S2/c22-15-6-3-13(4-7-15)20(17-2-1-9-28-17)24-19(25)11-27-21(26)14-5-8-16-18(10-14)29-12-23-16/h1-10,12,20H,11H2,(H,24,25). The molecule has 0 aliphatic heterocycles. The van der Waals surface area contributed by atoms with Crippen molar-refractivity contribution in [3.8, 4) is 0 Å². The van der Waals surface area contributed by atoms with E-state index in [1.165, 1.54) is 34.8 Å². The van der Waals surface area contributed by atoms with E-state index in [1.807, 2.05) is 17.5 Å². The Kier molecular flexibility index (Phi) is 5.64. The van der Waals surface area contributed by atoms with Crippen LogP contribution in [0.2, 0.25) is 0 Å². The van der Waals surface area contributed by atoms with Gasteiger partial charge in [-0.05, 0) is 47.3 Å². The van der Waals surface area contributed by atoms with Crippen LogP contribution in [0.4, 0.5) is 4.39 Å². The van der Waals surface area contributed by atoms with Crippen molar-refractivity contribution in [3.63, 3.8) is 0 Å². The summed E-state index contributed by atoms with van der Waals surface area (Å²) >= 11 is 2.90. The number of thiophene rings is 1. The number of thiazole rings is 1. The van der Waals surface area contributed by atoms with Crippen LogP contribution in [0.5, 0.6) is 0 Å². The molecule has 1 unspecified atom stereocenters. The van der Waals surface area contributed by atoms with Gasteiger partial charge >= 0.3 is 5.97 Å². The van der Waals surface area contributed by atoms with Gasteiger partial charge in [0.2, 0.25) is 0 Å². The molecule has 0 aliphatic carbocycles. The second-order valence-corrected chi connectivity index (χ2v) is 8.04.